The molecule has 0 bridgehead atoms. The van der Waals surface area contributed by atoms with Crippen LogP contribution in [0, 0.1) is 0 Å². The van der Waals surface area contributed by atoms with Crippen LogP contribution in [0.25, 0.3) is 5.65 Å². The van der Waals surface area contributed by atoms with Gasteiger partial charge >= 0.3 is 0 Å². The molecule has 0 spiro atoms. The molecule has 6 heteroatoms. The molecule has 0 radical (unpaired) electrons. The summed E-state index contributed by atoms with van der Waals surface area (Å²) in [6.45, 7) is 3.51. The number of hydrogen-bond donors (Lipinski definition) is 2. The first-order valence-electron chi connectivity index (χ1n) is 5.73. The minimum absolute atomic E-state index is 0.0147. The molecule has 0 aliphatic heterocycles. The fourth-order valence-corrected chi connectivity index (χ4v) is 1.81. The van der Waals surface area contributed by atoms with E-state index >= 15 is 0 Å². The first kappa shape index (κ1) is 12.9. The van der Waals surface area contributed by atoms with Crippen LogP contribution in [-0.4, -0.2) is 28.4 Å². The van der Waals surface area contributed by atoms with Crippen molar-refractivity contribution in [3.8, 4) is 0 Å². The Morgan fingerprint density at radius 3 is 3.00 bits per heavy atom. The summed E-state index contributed by atoms with van der Waals surface area (Å²) in [7, 11) is 0. The third-order valence-corrected chi connectivity index (χ3v) is 2.67. The summed E-state index contributed by atoms with van der Waals surface area (Å²) in [6.07, 6.45) is 3.76. The van der Waals surface area contributed by atoms with Crippen LogP contribution in [0.15, 0.2) is 24.5 Å². The molecular weight excluding hydrogens is 252 g/mol. The van der Waals surface area contributed by atoms with Crippen molar-refractivity contribution in [1.82, 2.24) is 20.0 Å². The van der Waals surface area contributed by atoms with E-state index in [0.717, 1.165) is 11.3 Å². The number of amides is 1. The summed E-state index contributed by atoms with van der Waals surface area (Å²) in [5, 5.41) is 6.62. The number of hydrogen-bond acceptors (Lipinski definition) is 3. The third kappa shape index (κ3) is 3.45. The number of fused-ring (bicyclic) bond motifs is 1. The molecule has 18 heavy (non-hydrogen) atoms. The summed E-state index contributed by atoms with van der Waals surface area (Å²) in [5.41, 5.74) is 1.82. The molecule has 0 atom stereocenters. The van der Waals surface area contributed by atoms with Crippen LogP contribution in [0.4, 0.5) is 0 Å². The number of carbonyl (C=O) groups excluding carboxylic acids is 1. The van der Waals surface area contributed by atoms with Gasteiger partial charge in [0.15, 0.2) is 0 Å². The molecule has 0 aliphatic rings. The fourth-order valence-electron chi connectivity index (χ4n) is 1.65. The first-order valence-corrected chi connectivity index (χ1v) is 6.11. The molecular formula is C12H15ClN4O. The van der Waals surface area contributed by atoms with Gasteiger partial charge in [-0.1, -0.05) is 11.6 Å². The van der Waals surface area contributed by atoms with Crippen molar-refractivity contribution in [3.63, 3.8) is 0 Å². The normalized spacial score (nSPS) is 10.8. The molecule has 0 fully saturated rings. The maximum atomic E-state index is 10.7. The van der Waals surface area contributed by atoms with Gasteiger partial charge < -0.3 is 15.0 Å². The lowest BCUT2D eigenvalue weighted by Gasteiger charge is -2.02. The van der Waals surface area contributed by atoms with Crippen LogP contribution in [0.5, 0.6) is 0 Å². The summed E-state index contributed by atoms with van der Waals surface area (Å²) >= 11 is 5.90. The quantitative estimate of drug-likeness (QED) is 0.800. The van der Waals surface area contributed by atoms with Gasteiger partial charge in [-0.05, 0) is 12.1 Å². The zero-order valence-electron chi connectivity index (χ0n) is 10.1. The number of nitrogens with one attached hydrogen (secondary N) is 2. The number of imidazole rings is 1. The standard InChI is InChI=1S/C12H15ClN4O/c1-9(18)15-5-4-14-6-11-8-17-7-10(13)2-3-12(17)16-11/h2-3,7-8,14H,4-6H2,1H3,(H,15,18). The van der Waals surface area contributed by atoms with E-state index in [4.69, 9.17) is 11.6 Å². The smallest absolute Gasteiger partial charge is 0.216 e. The molecule has 0 unspecified atom stereocenters. The van der Waals surface area contributed by atoms with Crippen molar-refractivity contribution in [1.29, 1.82) is 0 Å². The van der Waals surface area contributed by atoms with Crippen LogP contribution < -0.4 is 10.6 Å². The van der Waals surface area contributed by atoms with Crippen LogP contribution in [0.3, 0.4) is 0 Å². The van der Waals surface area contributed by atoms with Crippen molar-refractivity contribution >= 4 is 23.2 Å². The maximum absolute atomic E-state index is 10.7. The first-order chi connectivity index (χ1) is 8.65. The SMILES string of the molecule is CC(=O)NCCNCc1cn2cc(Cl)ccc2n1. The van der Waals surface area contributed by atoms with E-state index in [-0.39, 0.29) is 5.91 Å². The number of nitrogens with zero attached hydrogens (tertiary/aromatic N) is 2. The molecule has 2 rings (SSSR count). The molecule has 0 aliphatic carbocycles. The van der Waals surface area contributed by atoms with Gasteiger partial charge in [0, 0.05) is 39.0 Å². The van der Waals surface area contributed by atoms with Gasteiger partial charge in [0.05, 0.1) is 10.7 Å². The lowest BCUT2D eigenvalue weighted by atomic mass is 10.4. The highest BCUT2D eigenvalue weighted by molar-refractivity contribution is 6.30. The van der Waals surface area contributed by atoms with Crippen molar-refractivity contribution in [2.24, 2.45) is 0 Å². The number of aromatic nitrogens is 2. The summed E-state index contributed by atoms with van der Waals surface area (Å²) in [4.78, 5) is 15.1. The number of pyridine rings is 1. The van der Waals surface area contributed by atoms with Crippen molar-refractivity contribution < 1.29 is 4.79 Å². The van der Waals surface area contributed by atoms with Gasteiger partial charge in [0.2, 0.25) is 5.91 Å². The minimum atomic E-state index is -0.0147. The summed E-state index contributed by atoms with van der Waals surface area (Å²) in [5.74, 6) is -0.0147. The van der Waals surface area contributed by atoms with Gasteiger partial charge in [-0.15, -0.1) is 0 Å². The summed E-state index contributed by atoms with van der Waals surface area (Å²) < 4.78 is 1.90. The highest BCUT2D eigenvalue weighted by Gasteiger charge is 2.01. The Balaban J connectivity index is 1.86. The molecule has 2 heterocycles. The Bertz CT molecular complexity index is 552. The Labute approximate surface area is 110 Å². The predicted octanol–water partition coefficient (Wildman–Crippen LogP) is 1.21. The van der Waals surface area contributed by atoms with E-state index < -0.39 is 0 Å². The average Bonchev–Trinajstić information content (AvgIpc) is 2.70. The van der Waals surface area contributed by atoms with Gasteiger partial charge in [-0.2, -0.15) is 0 Å². The second-order valence-corrected chi connectivity index (χ2v) is 4.44. The Morgan fingerprint density at radius 1 is 1.39 bits per heavy atom. The minimum Gasteiger partial charge on any atom is -0.355 e. The molecule has 0 saturated carbocycles. The zero-order chi connectivity index (χ0) is 13.0. The van der Waals surface area contributed by atoms with Gasteiger partial charge in [0.25, 0.3) is 0 Å². The largest absolute Gasteiger partial charge is 0.355 e. The van der Waals surface area contributed by atoms with E-state index in [1.165, 1.54) is 6.92 Å². The van der Waals surface area contributed by atoms with Crippen LogP contribution >= 0.6 is 11.6 Å². The fraction of sp³-hybridized carbons (Fsp3) is 0.333. The Morgan fingerprint density at radius 2 is 2.22 bits per heavy atom. The van der Waals surface area contributed by atoms with Crippen molar-refractivity contribution in [3.05, 3.63) is 35.2 Å². The molecule has 1 amide bonds. The zero-order valence-corrected chi connectivity index (χ0v) is 10.9. The Hall–Kier alpha value is -1.59. The molecule has 2 aromatic rings. The topological polar surface area (TPSA) is 58.4 Å². The van der Waals surface area contributed by atoms with Crippen LogP contribution in [0.1, 0.15) is 12.6 Å². The molecule has 2 N–H and O–H groups in total. The van der Waals surface area contributed by atoms with E-state index in [1.54, 1.807) is 0 Å². The van der Waals surface area contributed by atoms with Gasteiger partial charge in [-0.3, -0.25) is 4.79 Å². The number of carbonyl (C=O) groups is 1. The van der Waals surface area contributed by atoms with Crippen molar-refractivity contribution in [2.45, 2.75) is 13.5 Å². The molecule has 96 valence electrons. The molecule has 2 aromatic heterocycles. The lowest BCUT2D eigenvalue weighted by molar-refractivity contribution is -0.118. The lowest BCUT2D eigenvalue weighted by Crippen LogP contribution is -2.29. The average molecular weight is 267 g/mol. The number of rotatable bonds is 5. The van der Waals surface area contributed by atoms with E-state index in [2.05, 4.69) is 15.6 Å². The highest BCUT2D eigenvalue weighted by Crippen LogP contribution is 2.11. The number of halogens is 1. The van der Waals surface area contributed by atoms with E-state index in [9.17, 15) is 4.79 Å². The second-order valence-electron chi connectivity index (χ2n) is 4.00. The molecule has 0 aromatic carbocycles. The van der Waals surface area contributed by atoms with E-state index in [1.807, 2.05) is 28.9 Å². The predicted molar refractivity (Wildman–Crippen MR) is 70.6 cm³/mol. The van der Waals surface area contributed by atoms with E-state index in [0.29, 0.717) is 24.7 Å². The highest BCUT2D eigenvalue weighted by atomic mass is 35.5. The van der Waals surface area contributed by atoms with Gasteiger partial charge in [-0.25, -0.2) is 4.98 Å². The second kappa shape index (κ2) is 5.84. The Kier molecular flexibility index (Phi) is 4.17. The maximum Gasteiger partial charge on any atom is 0.216 e. The molecule has 0 saturated heterocycles. The van der Waals surface area contributed by atoms with Crippen molar-refractivity contribution in [2.75, 3.05) is 13.1 Å². The third-order valence-electron chi connectivity index (χ3n) is 2.45. The summed E-state index contributed by atoms with van der Waals surface area (Å²) in [6, 6.07) is 3.70. The monoisotopic (exact) mass is 266 g/mol. The van der Waals surface area contributed by atoms with Crippen LogP contribution in [-0.2, 0) is 11.3 Å². The molecule has 5 nitrogen and oxygen atoms in total. The van der Waals surface area contributed by atoms with Crippen LogP contribution in [0.2, 0.25) is 5.02 Å². The van der Waals surface area contributed by atoms with Gasteiger partial charge in [0.1, 0.15) is 5.65 Å².